The fourth-order valence-electron chi connectivity index (χ4n) is 2.65. The maximum atomic E-state index is 12.7. The van der Waals surface area contributed by atoms with Crippen molar-refractivity contribution in [3.05, 3.63) is 52.3 Å². The molecule has 11 heteroatoms. The van der Waals surface area contributed by atoms with Crippen LogP contribution in [0.3, 0.4) is 0 Å². The van der Waals surface area contributed by atoms with E-state index in [1.807, 2.05) is 0 Å². The first-order chi connectivity index (χ1) is 14.8. The quantitative estimate of drug-likeness (QED) is 0.476. The SMILES string of the molecule is COC(=O)c1ccc(CN2C(=O)SC(=Cc3ccc(OCC(=O)O)c(OC)c3)C2=O)o1. The van der Waals surface area contributed by atoms with Crippen LogP contribution >= 0.6 is 11.8 Å². The van der Waals surface area contributed by atoms with Crippen molar-refractivity contribution >= 4 is 40.9 Å². The van der Waals surface area contributed by atoms with Gasteiger partial charge < -0.3 is 23.7 Å². The van der Waals surface area contributed by atoms with Gasteiger partial charge in [-0.1, -0.05) is 6.07 Å². The molecule has 0 saturated carbocycles. The third-order valence-electron chi connectivity index (χ3n) is 4.07. The number of carbonyl (C=O) groups is 4. The normalized spacial score (nSPS) is 14.8. The summed E-state index contributed by atoms with van der Waals surface area (Å²) >= 11 is 0.761. The molecule has 1 fully saturated rings. The molecule has 1 aliphatic heterocycles. The number of carboxylic acid groups (broad SMARTS) is 1. The summed E-state index contributed by atoms with van der Waals surface area (Å²) in [7, 11) is 2.61. The van der Waals surface area contributed by atoms with Crippen molar-refractivity contribution < 1.29 is 42.9 Å². The Labute approximate surface area is 180 Å². The van der Waals surface area contributed by atoms with Gasteiger partial charge in [-0.25, -0.2) is 9.59 Å². The molecule has 10 nitrogen and oxygen atoms in total. The van der Waals surface area contributed by atoms with Crippen molar-refractivity contribution in [2.75, 3.05) is 20.8 Å². The summed E-state index contributed by atoms with van der Waals surface area (Å²) in [6.45, 7) is -0.663. The lowest BCUT2D eigenvalue weighted by Crippen LogP contribution is -2.27. The zero-order valence-corrected chi connectivity index (χ0v) is 17.3. The number of rotatable bonds is 8. The van der Waals surface area contributed by atoms with Crippen LogP contribution in [0.4, 0.5) is 4.79 Å². The zero-order chi connectivity index (χ0) is 22.5. The number of imide groups is 1. The van der Waals surface area contributed by atoms with Gasteiger partial charge in [0.15, 0.2) is 18.1 Å². The number of carbonyl (C=O) groups excluding carboxylic acids is 3. The van der Waals surface area contributed by atoms with E-state index in [9.17, 15) is 19.2 Å². The minimum absolute atomic E-state index is 0.0303. The second-order valence-corrected chi connectivity index (χ2v) is 7.11. The van der Waals surface area contributed by atoms with Crippen LogP contribution in [0, 0.1) is 0 Å². The molecule has 31 heavy (non-hydrogen) atoms. The summed E-state index contributed by atoms with van der Waals surface area (Å²) in [5, 5.41) is 8.24. The van der Waals surface area contributed by atoms with E-state index in [0.717, 1.165) is 16.7 Å². The first kappa shape index (κ1) is 22.0. The maximum Gasteiger partial charge on any atom is 0.373 e. The molecule has 1 saturated heterocycles. The van der Waals surface area contributed by atoms with Crippen LogP contribution in [0.5, 0.6) is 11.5 Å². The van der Waals surface area contributed by atoms with E-state index < -0.39 is 29.7 Å². The minimum Gasteiger partial charge on any atom is -0.493 e. The predicted molar refractivity (Wildman–Crippen MR) is 108 cm³/mol. The fraction of sp³-hybridized carbons (Fsp3) is 0.200. The van der Waals surface area contributed by atoms with Crippen LogP contribution < -0.4 is 9.47 Å². The number of thioether (sulfide) groups is 1. The molecule has 2 heterocycles. The molecule has 0 aliphatic carbocycles. The highest BCUT2D eigenvalue weighted by Gasteiger charge is 2.35. The summed E-state index contributed by atoms with van der Waals surface area (Å²) in [5.41, 5.74) is 0.552. The number of furan rings is 1. The summed E-state index contributed by atoms with van der Waals surface area (Å²) in [6.07, 6.45) is 1.51. The van der Waals surface area contributed by atoms with Crippen molar-refractivity contribution in [1.82, 2.24) is 4.90 Å². The predicted octanol–water partition coefficient (Wildman–Crippen LogP) is 2.77. The molecule has 1 aromatic heterocycles. The van der Waals surface area contributed by atoms with E-state index in [-0.39, 0.29) is 34.5 Å². The highest BCUT2D eigenvalue weighted by molar-refractivity contribution is 8.18. The summed E-state index contributed by atoms with van der Waals surface area (Å²) < 4.78 is 20.2. The Hall–Kier alpha value is -3.73. The molecule has 0 radical (unpaired) electrons. The molecule has 1 aromatic carbocycles. The lowest BCUT2D eigenvalue weighted by molar-refractivity contribution is -0.139. The average molecular weight is 447 g/mol. The molecular formula is C20H17NO9S. The van der Waals surface area contributed by atoms with Crippen LogP contribution in [0.25, 0.3) is 6.08 Å². The van der Waals surface area contributed by atoms with Crippen LogP contribution in [0.15, 0.2) is 39.7 Å². The van der Waals surface area contributed by atoms with E-state index in [0.29, 0.717) is 5.56 Å². The molecule has 0 bridgehead atoms. The van der Waals surface area contributed by atoms with Crippen molar-refractivity contribution in [1.29, 1.82) is 0 Å². The maximum absolute atomic E-state index is 12.7. The number of hydrogen-bond donors (Lipinski definition) is 1. The van der Waals surface area contributed by atoms with Crippen LogP contribution in [-0.4, -0.2) is 53.9 Å². The largest absolute Gasteiger partial charge is 0.493 e. The molecule has 162 valence electrons. The second kappa shape index (κ2) is 9.39. The van der Waals surface area contributed by atoms with E-state index >= 15 is 0 Å². The molecule has 3 rings (SSSR count). The summed E-state index contributed by atoms with van der Waals surface area (Å²) in [4.78, 5) is 48.3. The number of hydrogen-bond acceptors (Lipinski definition) is 9. The number of nitrogens with zero attached hydrogens (tertiary/aromatic N) is 1. The first-order valence-electron chi connectivity index (χ1n) is 8.77. The topological polar surface area (TPSA) is 133 Å². The van der Waals surface area contributed by atoms with Gasteiger partial charge in [-0.15, -0.1) is 0 Å². The molecule has 0 unspecified atom stereocenters. The lowest BCUT2D eigenvalue weighted by Gasteiger charge is -2.10. The van der Waals surface area contributed by atoms with Gasteiger partial charge in [0.2, 0.25) is 5.76 Å². The Morgan fingerprint density at radius 2 is 1.94 bits per heavy atom. The van der Waals surface area contributed by atoms with Crippen molar-refractivity contribution in [3.8, 4) is 11.5 Å². The van der Waals surface area contributed by atoms with E-state index in [4.69, 9.17) is 19.0 Å². The number of methoxy groups -OCH3 is 2. The third-order valence-corrected chi connectivity index (χ3v) is 4.98. The van der Waals surface area contributed by atoms with Gasteiger partial charge in [0.25, 0.3) is 11.1 Å². The molecule has 2 aromatic rings. The number of esters is 1. The molecule has 0 spiro atoms. The Morgan fingerprint density at radius 3 is 2.61 bits per heavy atom. The van der Waals surface area contributed by atoms with Gasteiger partial charge in [0.1, 0.15) is 5.76 Å². The smallest absolute Gasteiger partial charge is 0.373 e. The molecule has 0 atom stereocenters. The standard InChI is InChI=1S/C20H17NO9S/c1-27-15-7-11(3-5-13(15)29-10-17(22)23)8-16-18(24)21(20(26)31-16)9-12-4-6-14(30-12)19(25)28-2/h3-8H,9-10H2,1-2H3,(H,22,23). The van der Waals surface area contributed by atoms with Gasteiger partial charge in [-0.3, -0.25) is 14.5 Å². The van der Waals surface area contributed by atoms with E-state index in [1.165, 1.54) is 38.5 Å². The van der Waals surface area contributed by atoms with Crippen LogP contribution in [0.1, 0.15) is 21.9 Å². The number of carboxylic acids is 1. The van der Waals surface area contributed by atoms with Crippen LogP contribution in [-0.2, 0) is 20.9 Å². The highest BCUT2D eigenvalue weighted by atomic mass is 32.2. The molecule has 1 N–H and O–H groups in total. The summed E-state index contributed by atoms with van der Waals surface area (Å²) in [5.74, 6) is -1.58. The monoisotopic (exact) mass is 447 g/mol. The van der Waals surface area contributed by atoms with Crippen molar-refractivity contribution in [3.63, 3.8) is 0 Å². The minimum atomic E-state index is -1.13. The first-order valence-corrected chi connectivity index (χ1v) is 9.59. The number of amides is 2. The van der Waals surface area contributed by atoms with Gasteiger partial charge in [-0.2, -0.15) is 0 Å². The Bertz CT molecular complexity index is 1070. The van der Waals surface area contributed by atoms with E-state index in [1.54, 1.807) is 12.1 Å². The molecular weight excluding hydrogens is 430 g/mol. The van der Waals surface area contributed by atoms with Gasteiger partial charge in [0.05, 0.1) is 25.7 Å². The van der Waals surface area contributed by atoms with Gasteiger partial charge in [0, 0.05) is 0 Å². The number of aliphatic carboxylic acids is 1. The van der Waals surface area contributed by atoms with Crippen molar-refractivity contribution in [2.24, 2.45) is 0 Å². The average Bonchev–Trinajstić information content (AvgIpc) is 3.32. The third kappa shape index (κ3) is 5.07. The number of ether oxygens (including phenoxy) is 3. The van der Waals surface area contributed by atoms with Gasteiger partial charge >= 0.3 is 11.9 Å². The van der Waals surface area contributed by atoms with E-state index in [2.05, 4.69) is 4.74 Å². The Balaban J connectivity index is 1.76. The Morgan fingerprint density at radius 1 is 1.16 bits per heavy atom. The van der Waals surface area contributed by atoms with Crippen molar-refractivity contribution in [2.45, 2.75) is 6.54 Å². The van der Waals surface area contributed by atoms with Gasteiger partial charge in [-0.05, 0) is 47.7 Å². The zero-order valence-electron chi connectivity index (χ0n) is 16.4. The summed E-state index contributed by atoms with van der Waals surface area (Å²) in [6, 6.07) is 7.55. The molecule has 2 amide bonds. The fourth-order valence-corrected chi connectivity index (χ4v) is 3.49. The molecule has 1 aliphatic rings. The Kier molecular flexibility index (Phi) is 6.65. The second-order valence-electron chi connectivity index (χ2n) is 6.12. The highest BCUT2D eigenvalue weighted by Crippen LogP contribution is 2.35. The van der Waals surface area contributed by atoms with Crippen LogP contribution in [0.2, 0.25) is 0 Å². The lowest BCUT2D eigenvalue weighted by atomic mass is 10.2. The number of benzene rings is 1.